The molecule has 7 heteroatoms. The maximum Gasteiger partial charge on any atom is 0.251 e. The number of benzene rings is 1. The molecule has 0 aliphatic carbocycles. The number of hydrogen-bond acceptors (Lipinski definition) is 4. The van der Waals surface area contributed by atoms with Gasteiger partial charge in [-0.05, 0) is 50.1 Å². The van der Waals surface area contributed by atoms with Gasteiger partial charge < -0.3 is 9.73 Å². The summed E-state index contributed by atoms with van der Waals surface area (Å²) in [6.45, 7) is 2.88. The zero-order valence-electron chi connectivity index (χ0n) is 14.1. The molecule has 1 amide bonds. The Balaban J connectivity index is 1.77. The minimum atomic E-state index is -3.55. The first-order valence-electron chi connectivity index (χ1n) is 8.43. The minimum Gasteiger partial charge on any atom is -0.467 e. The van der Waals surface area contributed by atoms with Crippen molar-refractivity contribution in [3.63, 3.8) is 0 Å². The molecule has 1 atom stereocenters. The molecule has 0 spiro atoms. The van der Waals surface area contributed by atoms with Crippen molar-refractivity contribution in [2.45, 2.75) is 37.1 Å². The van der Waals surface area contributed by atoms with Crippen molar-refractivity contribution in [2.24, 2.45) is 0 Å². The van der Waals surface area contributed by atoms with E-state index in [1.807, 2.05) is 6.92 Å². The summed E-state index contributed by atoms with van der Waals surface area (Å²) in [6.07, 6.45) is 4.35. The maximum atomic E-state index is 12.8. The van der Waals surface area contributed by atoms with Gasteiger partial charge in [0, 0.05) is 18.7 Å². The molecule has 1 aromatic heterocycles. The standard InChI is InChI=1S/C18H22N2O4S/c1-14(17-9-6-12-24-17)19-18(21)15-7-5-8-16(13-15)25(22,23)20-10-3-2-4-11-20/h5-9,12-14H,2-4,10-11H2,1H3,(H,19,21)/t14-/m1/s1. The van der Waals surface area contributed by atoms with E-state index in [-0.39, 0.29) is 16.8 Å². The smallest absolute Gasteiger partial charge is 0.251 e. The predicted molar refractivity (Wildman–Crippen MR) is 93.6 cm³/mol. The third-order valence-electron chi connectivity index (χ3n) is 4.37. The van der Waals surface area contributed by atoms with Gasteiger partial charge in [0.2, 0.25) is 10.0 Å². The quantitative estimate of drug-likeness (QED) is 0.887. The molecule has 2 aromatic rings. The number of nitrogens with zero attached hydrogens (tertiary/aromatic N) is 1. The highest BCUT2D eigenvalue weighted by Gasteiger charge is 2.26. The average Bonchev–Trinajstić information content (AvgIpc) is 3.17. The molecule has 1 aliphatic heterocycles. The fourth-order valence-corrected chi connectivity index (χ4v) is 4.50. The van der Waals surface area contributed by atoms with Crippen LogP contribution in [0.5, 0.6) is 0 Å². The van der Waals surface area contributed by atoms with Crippen LogP contribution in [0.4, 0.5) is 0 Å². The molecule has 1 aromatic carbocycles. The topological polar surface area (TPSA) is 79.6 Å². The number of sulfonamides is 1. The van der Waals surface area contributed by atoms with Crippen molar-refractivity contribution in [1.82, 2.24) is 9.62 Å². The number of hydrogen-bond donors (Lipinski definition) is 1. The van der Waals surface area contributed by atoms with E-state index in [0.29, 0.717) is 24.4 Å². The van der Waals surface area contributed by atoms with Crippen LogP contribution < -0.4 is 5.32 Å². The van der Waals surface area contributed by atoms with Crippen molar-refractivity contribution in [3.05, 3.63) is 54.0 Å². The van der Waals surface area contributed by atoms with Gasteiger partial charge in [-0.15, -0.1) is 0 Å². The Kier molecular flexibility index (Phi) is 5.24. The van der Waals surface area contributed by atoms with Gasteiger partial charge in [0.1, 0.15) is 5.76 Å². The van der Waals surface area contributed by atoms with Gasteiger partial charge in [-0.2, -0.15) is 4.31 Å². The molecule has 0 saturated carbocycles. The molecular weight excluding hydrogens is 340 g/mol. The van der Waals surface area contributed by atoms with Crippen molar-refractivity contribution < 1.29 is 17.6 Å². The van der Waals surface area contributed by atoms with E-state index < -0.39 is 10.0 Å². The average molecular weight is 362 g/mol. The number of furan rings is 1. The molecule has 134 valence electrons. The first kappa shape index (κ1) is 17.7. The van der Waals surface area contributed by atoms with Gasteiger partial charge in [0.05, 0.1) is 17.2 Å². The number of rotatable bonds is 5. The Morgan fingerprint density at radius 3 is 2.60 bits per heavy atom. The number of carbonyl (C=O) groups is 1. The molecule has 1 fully saturated rings. The Hall–Kier alpha value is -2.12. The van der Waals surface area contributed by atoms with Gasteiger partial charge in [-0.3, -0.25) is 4.79 Å². The molecule has 1 saturated heterocycles. The normalized spacial score (nSPS) is 17.2. The van der Waals surface area contributed by atoms with Gasteiger partial charge in [-0.1, -0.05) is 12.5 Å². The predicted octanol–water partition coefficient (Wildman–Crippen LogP) is 2.95. The Morgan fingerprint density at radius 2 is 1.92 bits per heavy atom. The molecule has 25 heavy (non-hydrogen) atoms. The van der Waals surface area contributed by atoms with Crippen LogP contribution in [0.1, 0.15) is 48.3 Å². The first-order chi connectivity index (χ1) is 12.0. The minimum absolute atomic E-state index is 0.160. The fourth-order valence-electron chi connectivity index (χ4n) is 2.94. The summed E-state index contributed by atoms with van der Waals surface area (Å²) in [5.41, 5.74) is 0.316. The monoisotopic (exact) mass is 362 g/mol. The van der Waals surface area contributed by atoms with E-state index >= 15 is 0 Å². The summed E-state index contributed by atoms with van der Waals surface area (Å²) >= 11 is 0. The van der Waals surface area contributed by atoms with Crippen LogP contribution in [-0.2, 0) is 10.0 Å². The summed E-state index contributed by atoms with van der Waals surface area (Å²) in [4.78, 5) is 12.6. The highest BCUT2D eigenvalue weighted by molar-refractivity contribution is 7.89. The molecular formula is C18H22N2O4S. The lowest BCUT2D eigenvalue weighted by molar-refractivity contribution is 0.0935. The molecule has 2 heterocycles. The number of carbonyl (C=O) groups excluding carboxylic acids is 1. The third kappa shape index (κ3) is 3.93. The summed E-state index contributed by atoms with van der Waals surface area (Å²) in [6, 6.07) is 9.42. The van der Waals surface area contributed by atoms with E-state index in [4.69, 9.17) is 4.42 Å². The highest BCUT2D eigenvalue weighted by atomic mass is 32.2. The lowest BCUT2D eigenvalue weighted by Gasteiger charge is -2.26. The maximum absolute atomic E-state index is 12.8. The van der Waals surface area contributed by atoms with E-state index in [2.05, 4.69) is 5.32 Å². The molecule has 1 N–H and O–H groups in total. The van der Waals surface area contributed by atoms with Crippen molar-refractivity contribution in [1.29, 1.82) is 0 Å². The lowest BCUT2D eigenvalue weighted by Crippen LogP contribution is -2.35. The Bertz CT molecular complexity index is 825. The van der Waals surface area contributed by atoms with Crippen molar-refractivity contribution in [3.8, 4) is 0 Å². The second kappa shape index (κ2) is 7.41. The number of amides is 1. The van der Waals surface area contributed by atoms with Crippen LogP contribution in [0.2, 0.25) is 0 Å². The summed E-state index contributed by atoms with van der Waals surface area (Å²) < 4.78 is 32.3. The van der Waals surface area contributed by atoms with Crippen molar-refractivity contribution >= 4 is 15.9 Å². The largest absolute Gasteiger partial charge is 0.467 e. The van der Waals surface area contributed by atoms with Gasteiger partial charge in [-0.25, -0.2) is 8.42 Å². The molecule has 6 nitrogen and oxygen atoms in total. The van der Waals surface area contributed by atoms with Crippen LogP contribution >= 0.6 is 0 Å². The van der Waals surface area contributed by atoms with E-state index in [1.54, 1.807) is 30.5 Å². The molecule has 3 rings (SSSR count). The second-order valence-electron chi connectivity index (χ2n) is 6.20. The number of nitrogens with one attached hydrogen (secondary N) is 1. The zero-order valence-corrected chi connectivity index (χ0v) is 15.0. The van der Waals surface area contributed by atoms with Crippen molar-refractivity contribution in [2.75, 3.05) is 13.1 Å². The molecule has 0 radical (unpaired) electrons. The van der Waals surface area contributed by atoms with Crippen LogP contribution in [0, 0.1) is 0 Å². The highest BCUT2D eigenvalue weighted by Crippen LogP contribution is 2.22. The summed E-state index contributed by atoms with van der Waals surface area (Å²) in [7, 11) is -3.55. The molecule has 0 unspecified atom stereocenters. The van der Waals surface area contributed by atoms with Crippen LogP contribution in [-0.4, -0.2) is 31.7 Å². The third-order valence-corrected chi connectivity index (χ3v) is 6.26. The number of piperidine rings is 1. The lowest BCUT2D eigenvalue weighted by atomic mass is 10.2. The first-order valence-corrected chi connectivity index (χ1v) is 9.87. The van der Waals surface area contributed by atoms with E-state index in [0.717, 1.165) is 19.3 Å². The molecule has 1 aliphatic rings. The van der Waals surface area contributed by atoms with Gasteiger partial charge in [0.25, 0.3) is 5.91 Å². The SMILES string of the molecule is C[C@@H](NC(=O)c1cccc(S(=O)(=O)N2CCCCC2)c1)c1ccco1. The zero-order chi connectivity index (χ0) is 17.9. The second-order valence-corrected chi connectivity index (χ2v) is 8.14. The van der Waals surface area contributed by atoms with Gasteiger partial charge in [0.15, 0.2) is 0 Å². The fraction of sp³-hybridized carbons (Fsp3) is 0.389. The van der Waals surface area contributed by atoms with E-state index in [1.165, 1.54) is 16.4 Å². The van der Waals surface area contributed by atoms with Crippen LogP contribution in [0.25, 0.3) is 0 Å². The summed E-state index contributed by atoms with van der Waals surface area (Å²) in [5.74, 6) is 0.310. The summed E-state index contributed by atoms with van der Waals surface area (Å²) in [5, 5.41) is 2.82. The van der Waals surface area contributed by atoms with E-state index in [9.17, 15) is 13.2 Å². The van der Waals surface area contributed by atoms with Crippen LogP contribution in [0.15, 0.2) is 52.0 Å². The Morgan fingerprint density at radius 1 is 1.16 bits per heavy atom. The Labute approximate surface area is 147 Å². The van der Waals surface area contributed by atoms with Gasteiger partial charge >= 0.3 is 0 Å². The van der Waals surface area contributed by atoms with Crippen LogP contribution in [0.3, 0.4) is 0 Å². The molecule has 0 bridgehead atoms.